The molecule has 1 aromatic rings. The van der Waals surface area contributed by atoms with Crippen molar-refractivity contribution in [2.45, 2.75) is 56.6 Å². The van der Waals surface area contributed by atoms with Crippen molar-refractivity contribution in [1.29, 1.82) is 0 Å². The van der Waals surface area contributed by atoms with Crippen molar-refractivity contribution in [1.82, 2.24) is 0 Å². The molecule has 0 radical (unpaired) electrons. The van der Waals surface area contributed by atoms with Gasteiger partial charge in [-0.1, -0.05) is 26.4 Å². The summed E-state index contributed by atoms with van der Waals surface area (Å²) in [4.78, 5) is 35.7. The summed E-state index contributed by atoms with van der Waals surface area (Å²) in [6.45, 7) is 1.49. The maximum absolute atomic E-state index is 13.7. The van der Waals surface area contributed by atoms with E-state index < -0.39 is 79.8 Å². The number of hydrogen-bond acceptors (Lipinski definition) is 9. The molecular weight excluding hydrogens is 582 g/mol. The molecule has 2 atom stereocenters. The second-order valence-electron chi connectivity index (χ2n) is 7.92. The molecule has 2 rings (SSSR count). The lowest BCUT2D eigenvalue weighted by Crippen LogP contribution is -2.41. The van der Waals surface area contributed by atoms with Gasteiger partial charge in [0.2, 0.25) is 12.4 Å². The monoisotopic (exact) mass is 603 g/mol. The van der Waals surface area contributed by atoms with E-state index in [1.807, 2.05) is 0 Å². The molecule has 1 heterocycles. The Hall–Kier alpha value is -3.51. The molecule has 1 unspecified atom stereocenters. The van der Waals surface area contributed by atoms with Crippen LogP contribution in [0.25, 0.3) is 6.08 Å². The summed E-state index contributed by atoms with van der Waals surface area (Å²) < 4.78 is 127. The average Bonchev–Trinajstić information content (AvgIpc) is 2.77. The van der Waals surface area contributed by atoms with Crippen LogP contribution in [0.4, 0.5) is 37.4 Å². The van der Waals surface area contributed by atoms with Gasteiger partial charge >= 0.3 is 28.5 Å². The van der Waals surface area contributed by atoms with Crippen LogP contribution >= 0.6 is 10.2 Å². The van der Waals surface area contributed by atoms with Crippen molar-refractivity contribution >= 4 is 28.4 Å². The number of fused-ring (bicyclic) bond motifs is 1. The molecule has 222 valence electrons. The molecule has 0 saturated carbocycles. The quantitative estimate of drug-likeness (QED) is 0.0684. The normalized spacial score (nSPS) is 17.8. The number of halogens is 8. The van der Waals surface area contributed by atoms with Gasteiger partial charge in [0.05, 0.1) is 18.8 Å². The Labute approximate surface area is 214 Å². The maximum atomic E-state index is 13.7. The number of carbonyl (C=O) groups excluding carboxylic acids is 2. The molecule has 39 heavy (non-hydrogen) atoms. The molecule has 0 aliphatic carbocycles. The van der Waals surface area contributed by atoms with E-state index in [1.54, 1.807) is 0 Å². The number of esters is 1. The lowest BCUT2D eigenvalue weighted by Gasteiger charge is -2.41. The highest BCUT2D eigenvalue weighted by Crippen LogP contribution is 3.02. The topological polar surface area (TPSA) is 123 Å². The molecule has 1 aliphatic rings. The van der Waals surface area contributed by atoms with Crippen LogP contribution in [0.5, 0.6) is 5.75 Å². The minimum atomic E-state index is -10.3. The highest BCUT2D eigenvalue weighted by molar-refractivity contribution is 8.45. The third-order valence-corrected chi connectivity index (χ3v) is 5.97. The number of alkyl halides is 3. The summed E-state index contributed by atoms with van der Waals surface area (Å²) in [6.07, 6.45) is -11.6. The minimum absolute atomic E-state index is 0.0120. The first-order valence-electron chi connectivity index (χ1n) is 10.8. The van der Waals surface area contributed by atoms with E-state index in [0.717, 1.165) is 6.92 Å². The number of unbranched alkanes of at least 4 members (excludes halogenated alkanes) is 1. The summed E-state index contributed by atoms with van der Waals surface area (Å²) in [5.41, 5.74) is -2.89. The molecule has 10 nitrogen and oxygen atoms in total. The molecule has 0 fully saturated rings. The second kappa shape index (κ2) is 10.6. The second-order valence-corrected chi connectivity index (χ2v) is 10.3. The zero-order valence-corrected chi connectivity index (χ0v) is 20.8. The Bertz CT molecular complexity index is 1160. The van der Waals surface area contributed by atoms with Gasteiger partial charge in [-0.15, -0.1) is 10.1 Å². The highest BCUT2D eigenvalue weighted by atomic mass is 32.5. The molecule has 0 aromatic heterocycles. The summed E-state index contributed by atoms with van der Waals surface area (Å²) in [5, 5.41) is 8.96. The number of benzene rings is 1. The van der Waals surface area contributed by atoms with E-state index in [2.05, 4.69) is 19.0 Å². The summed E-state index contributed by atoms with van der Waals surface area (Å²) in [6, 6.07) is -0.147. The predicted octanol–water partition coefficient (Wildman–Crippen LogP) is 6.64. The van der Waals surface area contributed by atoms with Crippen LogP contribution in [0.3, 0.4) is 0 Å². The highest BCUT2D eigenvalue weighted by Gasteiger charge is 2.66. The van der Waals surface area contributed by atoms with E-state index >= 15 is 0 Å². The Balaban J connectivity index is 2.22. The fraction of sp³-hybridized carbons (Fsp3) is 0.500. The molecule has 19 heteroatoms. The number of aryl methyl sites for hydroxylation is 1. The van der Waals surface area contributed by atoms with Crippen molar-refractivity contribution in [3.8, 4) is 5.75 Å². The van der Waals surface area contributed by atoms with Gasteiger partial charge in [-0.25, -0.2) is 9.59 Å². The van der Waals surface area contributed by atoms with Crippen LogP contribution in [-0.4, -0.2) is 49.0 Å². The summed E-state index contributed by atoms with van der Waals surface area (Å²) >= 11 is 0. The van der Waals surface area contributed by atoms with E-state index in [9.17, 15) is 52.3 Å². The van der Waals surface area contributed by atoms with Gasteiger partial charge in [-0.2, -0.15) is 13.2 Å². The van der Waals surface area contributed by atoms with Crippen molar-refractivity contribution in [2.75, 3.05) is 13.2 Å². The van der Waals surface area contributed by atoms with Crippen molar-refractivity contribution < 1.29 is 71.1 Å². The number of rotatable bonds is 11. The van der Waals surface area contributed by atoms with E-state index in [4.69, 9.17) is 4.74 Å². The SMILES string of the molecule is CCc1cc(S(F)(F)(F)(F)F)cc2c1O[C@H](C(F)(F)F)C(C(=O)OC(C)OC(=O)OCCCCO[N+](=O)[O-])=C2. The van der Waals surface area contributed by atoms with Gasteiger partial charge in [-0.3, -0.25) is 0 Å². The first-order chi connectivity index (χ1) is 17.6. The predicted molar refractivity (Wildman–Crippen MR) is 116 cm³/mol. The lowest BCUT2D eigenvalue weighted by molar-refractivity contribution is -0.757. The Morgan fingerprint density at radius 2 is 1.72 bits per heavy atom. The van der Waals surface area contributed by atoms with Crippen LogP contribution in [0.15, 0.2) is 22.6 Å². The molecule has 0 saturated heterocycles. The fourth-order valence-electron chi connectivity index (χ4n) is 3.16. The summed E-state index contributed by atoms with van der Waals surface area (Å²) in [7, 11) is -10.3. The van der Waals surface area contributed by atoms with Gasteiger partial charge in [0, 0.05) is 12.5 Å². The smallest absolute Gasteiger partial charge is 0.475 e. The van der Waals surface area contributed by atoms with Crippen LogP contribution in [0.1, 0.15) is 37.8 Å². The molecule has 0 bridgehead atoms. The number of nitrogens with zero attached hydrogens (tertiary/aromatic N) is 1. The first-order valence-corrected chi connectivity index (χ1v) is 12.7. The Morgan fingerprint density at radius 3 is 2.26 bits per heavy atom. The van der Waals surface area contributed by atoms with Crippen molar-refractivity contribution in [3.05, 3.63) is 38.9 Å². The van der Waals surface area contributed by atoms with Gasteiger partial charge in [0.1, 0.15) is 10.6 Å². The molecule has 1 aromatic carbocycles. The van der Waals surface area contributed by atoms with E-state index in [0.29, 0.717) is 0 Å². The average molecular weight is 603 g/mol. The van der Waals surface area contributed by atoms with E-state index in [-0.39, 0.29) is 44.3 Å². The van der Waals surface area contributed by atoms with E-state index in [1.165, 1.54) is 6.92 Å². The zero-order chi connectivity index (χ0) is 29.9. The molecule has 0 N–H and O–H groups in total. The van der Waals surface area contributed by atoms with Crippen LogP contribution < -0.4 is 4.74 Å². The van der Waals surface area contributed by atoms with Gasteiger partial charge < -0.3 is 23.8 Å². The third kappa shape index (κ3) is 9.03. The van der Waals surface area contributed by atoms with Gasteiger partial charge in [0.25, 0.3) is 5.09 Å². The molecular formula is C20H21F8NO9S. The first kappa shape index (κ1) is 31.7. The van der Waals surface area contributed by atoms with Crippen LogP contribution in [-0.2, 0) is 30.3 Å². The van der Waals surface area contributed by atoms with Gasteiger partial charge in [0.15, 0.2) is 0 Å². The molecule has 1 aliphatic heterocycles. The van der Waals surface area contributed by atoms with Gasteiger partial charge in [-0.05, 0) is 43.0 Å². The zero-order valence-electron chi connectivity index (χ0n) is 20.0. The lowest BCUT2D eigenvalue weighted by atomic mass is 9.98. The molecule has 0 amide bonds. The number of ether oxygens (including phenoxy) is 4. The maximum Gasteiger partial charge on any atom is 0.511 e. The fourth-order valence-corrected chi connectivity index (χ4v) is 3.88. The van der Waals surface area contributed by atoms with Crippen LogP contribution in [0.2, 0.25) is 0 Å². The minimum Gasteiger partial charge on any atom is -0.475 e. The Kier molecular flexibility index (Phi) is 8.59. The van der Waals surface area contributed by atoms with Crippen molar-refractivity contribution in [3.63, 3.8) is 0 Å². The number of hydrogen-bond donors (Lipinski definition) is 0. The Morgan fingerprint density at radius 1 is 1.10 bits per heavy atom. The third-order valence-electron chi connectivity index (χ3n) is 4.85. The number of carbonyl (C=O) groups is 2. The molecule has 0 spiro atoms. The largest absolute Gasteiger partial charge is 0.511 e. The van der Waals surface area contributed by atoms with Crippen LogP contribution in [0, 0.1) is 10.1 Å². The standard InChI is InChI=1S/C20H21F8NO9S/c1-3-12-8-14(39(24,25,26,27)28)9-13-10-15(17(20(21,22)23)38-16(12)13)18(30)36-11(2)37-19(31)34-6-4-5-7-35-29(32)33/h8-11,17H,3-7H2,1-2H3/t11?,17-/m0/s1. The van der Waals surface area contributed by atoms with Crippen molar-refractivity contribution in [2.24, 2.45) is 0 Å². The summed E-state index contributed by atoms with van der Waals surface area (Å²) in [5.74, 6) is -2.62.